The van der Waals surface area contributed by atoms with E-state index in [0.717, 1.165) is 5.56 Å². The lowest BCUT2D eigenvalue weighted by molar-refractivity contribution is -0.125. The molecule has 0 heterocycles. The van der Waals surface area contributed by atoms with Gasteiger partial charge in [0.2, 0.25) is 5.91 Å². The number of ether oxygens (including phenoxy) is 2. The number of methoxy groups -OCH3 is 1. The first-order valence-corrected chi connectivity index (χ1v) is 8.71. The van der Waals surface area contributed by atoms with E-state index in [9.17, 15) is 18.4 Å². The topological polar surface area (TPSA) is 67.9 Å². The molecule has 0 atom stereocenters. The van der Waals surface area contributed by atoms with Crippen molar-refractivity contribution in [2.75, 3.05) is 21.2 Å². The van der Waals surface area contributed by atoms with Gasteiger partial charge in [-0.15, -0.1) is 0 Å². The Morgan fingerprint density at radius 1 is 1.17 bits per heavy atom. The van der Waals surface area contributed by atoms with Crippen molar-refractivity contribution in [3.8, 4) is 11.5 Å². The number of amides is 2. The van der Waals surface area contributed by atoms with Crippen LogP contribution >= 0.6 is 0 Å². The molecule has 0 saturated heterocycles. The van der Waals surface area contributed by atoms with Crippen LogP contribution in [0.25, 0.3) is 6.08 Å². The fraction of sp³-hybridized carbons (Fsp3) is 0.238. The van der Waals surface area contributed by atoms with E-state index < -0.39 is 6.61 Å². The van der Waals surface area contributed by atoms with Crippen molar-refractivity contribution < 1.29 is 27.8 Å². The Balaban J connectivity index is 2.09. The number of likely N-dealkylation sites (N-methyl/N-ethyl adjacent to an activating group) is 1. The number of hydrogen-bond donors (Lipinski definition) is 1. The smallest absolute Gasteiger partial charge is 0.387 e. The van der Waals surface area contributed by atoms with E-state index in [1.165, 1.54) is 30.2 Å². The molecule has 2 aromatic carbocycles. The number of nitrogens with zero attached hydrogens (tertiary/aromatic N) is 1. The monoisotopic (exact) mass is 404 g/mol. The van der Waals surface area contributed by atoms with Gasteiger partial charge in [0.05, 0.1) is 7.11 Å². The number of rotatable bonds is 8. The maximum absolute atomic E-state index is 12.7. The van der Waals surface area contributed by atoms with Gasteiger partial charge in [0, 0.05) is 37.8 Å². The summed E-state index contributed by atoms with van der Waals surface area (Å²) in [5, 5.41) is 2.54. The normalized spacial score (nSPS) is 10.8. The van der Waals surface area contributed by atoms with Crippen LogP contribution in [-0.2, 0) is 11.3 Å². The molecule has 0 fully saturated rings. The van der Waals surface area contributed by atoms with Gasteiger partial charge >= 0.3 is 6.61 Å². The van der Waals surface area contributed by atoms with Crippen molar-refractivity contribution in [1.82, 2.24) is 10.2 Å². The second-order valence-corrected chi connectivity index (χ2v) is 6.06. The number of hydrogen-bond acceptors (Lipinski definition) is 4. The van der Waals surface area contributed by atoms with E-state index in [2.05, 4.69) is 10.1 Å². The Labute approximate surface area is 167 Å². The predicted molar refractivity (Wildman–Crippen MR) is 105 cm³/mol. The molecule has 0 unspecified atom stereocenters. The molecular formula is C21H22F2N2O4. The van der Waals surface area contributed by atoms with Gasteiger partial charge in [0.25, 0.3) is 5.91 Å². The summed E-state index contributed by atoms with van der Waals surface area (Å²) in [6.07, 6.45) is 2.67. The highest BCUT2D eigenvalue weighted by atomic mass is 19.3. The second-order valence-electron chi connectivity index (χ2n) is 6.06. The van der Waals surface area contributed by atoms with Crippen LogP contribution in [0, 0.1) is 0 Å². The fourth-order valence-electron chi connectivity index (χ4n) is 2.59. The zero-order chi connectivity index (χ0) is 21.4. The molecule has 29 heavy (non-hydrogen) atoms. The molecule has 2 rings (SSSR count). The average Bonchev–Trinajstić information content (AvgIpc) is 2.72. The van der Waals surface area contributed by atoms with Crippen LogP contribution in [0.4, 0.5) is 8.78 Å². The summed E-state index contributed by atoms with van der Waals surface area (Å²) in [5.41, 5.74) is 1.65. The number of carbonyl (C=O) groups excluding carboxylic acids is 2. The van der Waals surface area contributed by atoms with Gasteiger partial charge < -0.3 is 19.7 Å². The van der Waals surface area contributed by atoms with Crippen molar-refractivity contribution in [1.29, 1.82) is 0 Å². The molecule has 0 spiro atoms. The van der Waals surface area contributed by atoms with E-state index in [1.54, 1.807) is 50.5 Å². The zero-order valence-electron chi connectivity index (χ0n) is 16.3. The molecule has 0 radical (unpaired) electrons. The van der Waals surface area contributed by atoms with Gasteiger partial charge in [0.15, 0.2) is 11.5 Å². The molecule has 0 bridgehead atoms. The summed E-state index contributed by atoms with van der Waals surface area (Å²) in [6.45, 7) is -2.70. The molecule has 0 saturated carbocycles. The lowest BCUT2D eigenvalue weighted by Gasteiger charge is -2.16. The van der Waals surface area contributed by atoms with Gasteiger partial charge in [0.1, 0.15) is 0 Å². The summed E-state index contributed by atoms with van der Waals surface area (Å²) in [7, 11) is 4.51. The Bertz CT molecular complexity index is 883. The van der Waals surface area contributed by atoms with Crippen molar-refractivity contribution in [3.63, 3.8) is 0 Å². The van der Waals surface area contributed by atoms with Crippen molar-refractivity contribution >= 4 is 17.9 Å². The predicted octanol–water partition coefficient (Wildman–Crippen LogP) is 3.33. The highest BCUT2D eigenvalue weighted by Gasteiger charge is 2.14. The van der Waals surface area contributed by atoms with Crippen LogP contribution in [0.3, 0.4) is 0 Å². The molecule has 0 aliphatic heterocycles. The van der Waals surface area contributed by atoms with Gasteiger partial charge in [-0.05, 0) is 29.8 Å². The first-order chi connectivity index (χ1) is 13.8. The molecule has 2 amide bonds. The number of para-hydroxylation sites is 1. The molecule has 0 aliphatic carbocycles. The maximum atomic E-state index is 12.7. The third-order valence-corrected chi connectivity index (χ3v) is 4.08. The van der Waals surface area contributed by atoms with E-state index in [0.29, 0.717) is 17.7 Å². The quantitative estimate of drug-likeness (QED) is 0.686. The minimum absolute atomic E-state index is 0.138. The van der Waals surface area contributed by atoms with Gasteiger partial charge in [-0.3, -0.25) is 9.59 Å². The maximum Gasteiger partial charge on any atom is 0.387 e. The highest BCUT2D eigenvalue weighted by molar-refractivity contribution is 5.94. The third-order valence-electron chi connectivity index (χ3n) is 4.08. The number of nitrogens with one attached hydrogen (secondary N) is 1. The molecule has 8 heteroatoms. The van der Waals surface area contributed by atoms with Crippen LogP contribution in [-0.4, -0.2) is 44.5 Å². The number of benzene rings is 2. The van der Waals surface area contributed by atoms with E-state index >= 15 is 0 Å². The molecule has 2 aromatic rings. The minimum atomic E-state index is -3.02. The van der Waals surface area contributed by atoms with Crippen LogP contribution in [0.2, 0.25) is 0 Å². The number of alkyl halides is 2. The minimum Gasteiger partial charge on any atom is -0.493 e. The Morgan fingerprint density at radius 2 is 1.86 bits per heavy atom. The molecular weight excluding hydrogens is 382 g/mol. The largest absolute Gasteiger partial charge is 0.493 e. The third kappa shape index (κ3) is 6.03. The molecule has 0 aliphatic rings. The summed E-state index contributed by atoms with van der Waals surface area (Å²) < 4.78 is 34.9. The summed E-state index contributed by atoms with van der Waals surface area (Å²) in [4.78, 5) is 25.4. The summed E-state index contributed by atoms with van der Waals surface area (Å²) in [5.74, 6) is -0.513. The summed E-state index contributed by atoms with van der Waals surface area (Å²) >= 11 is 0. The van der Waals surface area contributed by atoms with Gasteiger partial charge in [-0.2, -0.15) is 8.78 Å². The van der Waals surface area contributed by atoms with Crippen LogP contribution in [0.1, 0.15) is 21.5 Å². The molecule has 6 nitrogen and oxygen atoms in total. The van der Waals surface area contributed by atoms with Crippen molar-refractivity contribution in [2.24, 2.45) is 0 Å². The standard InChI is InChI=1S/C21H22F2N2O4/c1-24-20(27)16-9-7-14(8-10-16)13-25(2)18(26)12-11-15-5-4-6-17(28-3)19(15)29-21(22)23/h4-12,21H,13H2,1-3H3,(H,24,27)/b12-11+. The molecule has 154 valence electrons. The number of carbonyl (C=O) groups is 2. The Kier molecular flexibility index (Phi) is 7.70. The van der Waals surface area contributed by atoms with E-state index in [4.69, 9.17) is 4.74 Å². The first-order valence-electron chi connectivity index (χ1n) is 8.71. The van der Waals surface area contributed by atoms with Gasteiger partial charge in [-0.25, -0.2) is 0 Å². The van der Waals surface area contributed by atoms with Crippen LogP contribution in [0.15, 0.2) is 48.5 Å². The second kappa shape index (κ2) is 10.2. The van der Waals surface area contributed by atoms with Gasteiger partial charge in [-0.1, -0.05) is 24.3 Å². The van der Waals surface area contributed by atoms with Crippen LogP contribution in [0.5, 0.6) is 11.5 Å². The highest BCUT2D eigenvalue weighted by Crippen LogP contribution is 2.33. The van der Waals surface area contributed by atoms with E-state index in [1.807, 2.05) is 0 Å². The number of halogens is 2. The zero-order valence-corrected chi connectivity index (χ0v) is 16.3. The lowest BCUT2D eigenvalue weighted by Crippen LogP contribution is -2.24. The van der Waals surface area contributed by atoms with E-state index in [-0.39, 0.29) is 23.3 Å². The first kappa shape index (κ1) is 21.9. The summed E-state index contributed by atoms with van der Waals surface area (Å²) in [6, 6.07) is 11.5. The van der Waals surface area contributed by atoms with Crippen molar-refractivity contribution in [3.05, 3.63) is 65.2 Å². The van der Waals surface area contributed by atoms with Crippen molar-refractivity contribution in [2.45, 2.75) is 13.2 Å². The average molecular weight is 404 g/mol. The molecule has 1 N–H and O–H groups in total. The fourth-order valence-corrected chi connectivity index (χ4v) is 2.59. The molecule has 0 aromatic heterocycles. The lowest BCUT2D eigenvalue weighted by atomic mass is 10.1. The van der Waals surface area contributed by atoms with Crippen LogP contribution < -0.4 is 14.8 Å². The SMILES string of the molecule is CNC(=O)c1ccc(CN(C)C(=O)/C=C/c2cccc(OC)c2OC(F)F)cc1. The Hall–Kier alpha value is -3.42. The Morgan fingerprint density at radius 3 is 2.45 bits per heavy atom.